The molecule has 2 heterocycles. The molecule has 3 aromatic rings. The van der Waals surface area contributed by atoms with E-state index in [2.05, 4.69) is 15.7 Å². The van der Waals surface area contributed by atoms with Crippen LogP contribution in [0.15, 0.2) is 67.0 Å². The van der Waals surface area contributed by atoms with Crippen LogP contribution in [-0.2, 0) is 11.2 Å². The molecule has 0 radical (unpaired) electrons. The quantitative estimate of drug-likeness (QED) is 0.733. The molecule has 0 atom stereocenters. The Kier molecular flexibility index (Phi) is 4.57. The van der Waals surface area contributed by atoms with Crippen molar-refractivity contribution in [3.63, 3.8) is 0 Å². The number of benzene rings is 2. The van der Waals surface area contributed by atoms with E-state index in [0.29, 0.717) is 18.8 Å². The molecule has 1 fully saturated rings. The highest BCUT2D eigenvalue weighted by atomic mass is 16.2. The van der Waals surface area contributed by atoms with Crippen LogP contribution >= 0.6 is 0 Å². The van der Waals surface area contributed by atoms with Gasteiger partial charge in [-0.05, 0) is 42.0 Å². The Labute approximate surface area is 156 Å². The normalized spacial score (nSPS) is 13.5. The Morgan fingerprint density at radius 3 is 2.67 bits per heavy atom. The summed E-state index contributed by atoms with van der Waals surface area (Å²) < 4.78 is 1.77. The van der Waals surface area contributed by atoms with Gasteiger partial charge in [-0.15, -0.1) is 0 Å². The first-order chi connectivity index (χ1) is 13.2. The molecular weight excluding hydrogens is 342 g/mol. The topological polar surface area (TPSA) is 79.3 Å². The number of nitrogens with zero attached hydrogens (tertiary/aromatic N) is 3. The van der Waals surface area contributed by atoms with Crippen LogP contribution in [0.1, 0.15) is 5.56 Å². The van der Waals surface area contributed by atoms with Crippen LogP contribution in [0, 0.1) is 0 Å². The third kappa shape index (κ3) is 3.82. The first kappa shape index (κ1) is 16.8. The van der Waals surface area contributed by atoms with E-state index >= 15 is 0 Å². The number of rotatable bonds is 5. The van der Waals surface area contributed by atoms with E-state index in [4.69, 9.17) is 0 Å². The monoisotopic (exact) mass is 361 g/mol. The predicted molar refractivity (Wildman–Crippen MR) is 103 cm³/mol. The van der Waals surface area contributed by atoms with Crippen molar-refractivity contribution >= 4 is 23.3 Å². The van der Waals surface area contributed by atoms with Crippen LogP contribution in [0.3, 0.4) is 0 Å². The van der Waals surface area contributed by atoms with Gasteiger partial charge < -0.3 is 10.6 Å². The number of carbonyl (C=O) groups is 2. The van der Waals surface area contributed by atoms with Gasteiger partial charge in [0.1, 0.15) is 0 Å². The van der Waals surface area contributed by atoms with E-state index in [1.165, 1.54) is 0 Å². The lowest BCUT2D eigenvalue weighted by molar-refractivity contribution is -0.115. The van der Waals surface area contributed by atoms with Crippen molar-refractivity contribution in [2.75, 3.05) is 23.3 Å². The van der Waals surface area contributed by atoms with E-state index in [1.54, 1.807) is 15.8 Å². The average molecular weight is 361 g/mol. The van der Waals surface area contributed by atoms with Crippen LogP contribution in [-0.4, -0.2) is 34.8 Å². The number of amides is 3. The molecule has 7 heteroatoms. The molecule has 0 saturated carbocycles. The molecule has 3 amide bonds. The fourth-order valence-corrected chi connectivity index (χ4v) is 3.05. The smallest absolute Gasteiger partial charge is 0.321 e. The number of carbonyl (C=O) groups excluding carboxylic acids is 2. The molecule has 7 nitrogen and oxygen atoms in total. The number of hydrogen-bond donors (Lipinski definition) is 2. The predicted octanol–water partition coefficient (Wildman–Crippen LogP) is 2.58. The van der Waals surface area contributed by atoms with Crippen molar-refractivity contribution < 1.29 is 9.59 Å². The molecule has 1 aliphatic heterocycles. The lowest BCUT2D eigenvalue weighted by Gasteiger charge is -2.15. The zero-order chi connectivity index (χ0) is 18.6. The van der Waals surface area contributed by atoms with Crippen LogP contribution in [0.5, 0.6) is 0 Å². The summed E-state index contributed by atoms with van der Waals surface area (Å²) in [5.74, 6) is -0.107. The van der Waals surface area contributed by atoms with Crippen molar-refractivity contribution in [1.29, 1.82) is 0 Å². The Balaban J connectivity index is 1.40. The van der Waals surface area contributed by atoms with Crippen molar-refractivity contribution in [2.45, 2.75) is 6.42 Å². The minimum Gasteiger partial charge on any atom is -0.336 e. The highest BCUT2D eigenvalue weighted by Gasteiger charge is 2.21. The highest BCUT2D eigenvalue weighted by molar-refractivity contribution is 5.96. The van der Waals surface area contributed by atoms with E-state index in [0.717, 1.165) is 16.9 Å². The number of aromatic nitrogens is 2. The van der Waals surface area contributed by atoms with Gasteiger partial charge in [0.25, 0.3) is 0 Å². The van der Waals surface area contributed by atoms with E-state index in [9.17, 15) is 9.59 Å². The summed E-state index contributed by atoms with van der Waals surface area (Å²) in [5, 5.41) is 9.85. The maximum atomic E-state index is 12.4. The van der Waals surface area contributed by atoms with Crippen molar-refractivity contribution in [3.8, 4) is 5.69 Å². The molecule has 1 saturated heterocycles. The van der Waals surface area contributed by atoms with Crippen LogP contribution in [0.2, 0.25) is 0 Å². The average Bonchev–Trinajstić information content (AvgIpc) is 3.34. The van der Waals surface area contributed by atoms with Gasteiger partial charge in [-0.3, -0.25) is 9.69 Å². The lowest BCUT2D eigenvalue weighted by Crippen LogP contribution is -2.27. The molecular formula is C20H19N5O2. The van der Waals surface area contributed by atoms with Gasteiger partial charge in [0.2, 0.25) is 5.91 Å². The van der Waals surface area contributed by atoms with Crippen molar-refractivity contribution in [3.05, 3.63) is 72.6 Å². The molecule has 0 spiro atoms. The van der Waals surface area contributed by atoms with E-state index in [-0.39, 0.29) is 18.4 Å². The number of hydrogen-bond acceptors (Lipinski definition) is 3. The summed E-state index contributed by atoms with van der Waals surface area (Å²) in [4.78, 5) is 25.8. The van der Waals surface area contributed by atoms with Crippen LogP contribution in [0.25, 0.3) is 5.69 Å². The fraction of sp³-hybridized carbons (Fsp3) is 0.150. The number of urea groups is 1. The Morgan fingerprint density at radius 2 is 1.96 bits per heavy atom. The molecule has 2 N–H and O–H groups in total. The Morgan fingerprint density at radius 1 is 1.11 bits per heavy atom. The second-order valence-electron chi connectivity index (χ2n) is 6.28. The second-order valence-corrected chi connectivity index (χ2v) is 6.28. The van der Waals surface area contributed by atoms with Gasteiger partial charge in [-0.25, -0.2) is 9.48 Å². The first-order valence-electron chi connectivity index (χ1n) is 8.73. The van der Waals surface area contributed by atoms with Gasteiger partial charge in [-0.1, -0.05) is 18.2 Å². The molecule has 27 heavy (non-hydrogen) atoms. The largest absolute Gasteiger partial charge is 0.336 e. The van der Waals surface area contributed by atoms with Crippen molar-refractivity contribution in [2.24, 2.45) is 0 Å². The van der Waals surface area contributed by atoms with Crippen molar-refractivity contribution in [1.82, 2.24) is 15.1 Å². The SMILES string of the molecule is O=C(Cc1ccc(-n2cccn2)cc1)Nc1cccc(N2CCNC2=O)c1. The highest BCUT2D eigenvalue weighted by Crippen LogP contribution is 2.21. The number of anilines is 2. The molecule has 0 bridgehead atoms. The second kappa shape index (κ2) is 7.33. The third-order valence-corrected chi connectivity index (χ3v) is 4.37. The summed E-state index contributed by atoms with van der Waals surface area (Å²) >= 11 is 0. The molecule has 1 aromatic heterocycles. The first-order valence-corrected chi connectivity index (χ1v) is 8.73. The van der Waals surface area contributed by atoms with Gasteiger partial charge in [-0.2, -0.15) is 5.10 Å². The zero-order valence-electron chi connectivity index (χ0n) is 14.6. The molecule has 2 aromatic carbocycles. The van der Waals surface area contributed by atoms with Crippen LogP contribution in [0.4, 0.5) is 16.2 Å². The molecule has 0 aliphatic carbocycles. The summed E-state index contributed by atoms with van der Waals surface area (Å²) in [7, 11) is 0. The molecule has 4 rings (SSSR count). The van der Waals surface area contributed by atoms with Crippen LogP contribution < -0.4 is 15.5 Å². The number of nitrogens with one attached hydrogen (secondary N) is 2. The van der Waals surface area contributed by atoms with Gasteiger partial charge in [0.15, 0.2) is 0 Å². The summed E-state index contributed by atoms with van der Waals surface area (Å²) in [6.07, 6.45) is 3.87. The minimum atomic E-state index is -0.115. The summed E-state index contributed by atoms with van der Waals surface area (Å²) in [6.45, 7) is 1.25. The Hall–Kier alpha value is -3.61. The Bertz CT molecular complexity index is 951. The van der Waals surface area contributed by atoms with Gasteiger partial charge in [0.05, 0.1) is 12.1 Å². The summed E-state index contributed by atoms with van der Waals surface area (Å²) in [6, 6.07) is 16.8. The molecule has 0 unspecified atom stereocenters. The van der Waals surface area contributed by atoms with Gasteiger partial charge >= 0.3 is 6.03 Å². The molecule has 136 valence electrons. The third-order valence-electron chi connectivity index (χ3n) is 4.37. The van der Waals surface area contributed by atoms with E-state index < -0.39 is 0 Å². The maximum absolute atomic E-state index is 12.4. The zero-order valence-corrected chi connectivity index (χ0v) is 14.6. The summed E-state index contributed by atoms with van der Waals surface area (Å²) in [5.41, 5.74) is 3.30. The molecule has 1 aliphatic rings. The fourth-order valence-electron chi connectivity index (χ4n) is 3.05. The van der Waals surface area contributed by atoms with E-state index in [1.807, 2.05) is 60.8 Å². The standard InChI is InChI=1S/C20H19N5O2/c26-19(13-15-5-7-17(8-6-15)25-11-2-9-22-25)23-16-3-1-4-18(14-16)24-12-10-21-20(24)27/h1-9,11,14H,10,12-13H2,(H,21,27)(H,23,26). The minimum absolute atomic E-state index is 0.107. The van der Waals surface area contributed by atoms with Gasteiger partial charge in [0, 0.05) is 36.9 Å². The lowest BCUT2D eigenvalue weighted by atomic mass is 10.1. The maximum Gasteiger partial charge on any atom is 0.321 e.